The van der Waals surface area contributed by atoms with E-state index in [1.54, 1.807) is 0 Å². The smallest absolute Gasteiger partial charge is 0.100 e. The summed E-state index contributed by atoms with van der Waals surface area (Å²) in [5.74, 6) is 0. The Balaban J connectivity index is 1.95. The average Bonchev–Trinajstić information content (AvgIpc) is 3.05. The van der Waals surface area contributed by atoms with Gasteiger partial charge in [0.2, 0.25) is 0 Å². The highest BCUT2D eigenvalue weighted by molar-refractivity contribution is 4.95. The van der Waals surface area contributed by atoms with E-state index in [4.69, 9.17) is 0 Å². The van der Waals surface area contributed by atoms with Crippen LogP contribution >= 0.6 is 0 Å². The van der Waals surface area contributed by atoms with E-state index < -0.39 is 0 Å². The third-order valence-corrected chi connectivity index (χ3v) is 6.43. The molecule has 1 aliphatic heterocycles. The molecule has 1 unspecified atom stereocenters. The Kier molecular flexibility index (Phi) is 16.7. The zero-order valence-electron chi connectivity index (χ0n) is 19.8. The highest BCUT2D eigenvalue weighted by Gasteiger charge is 2.22. The molecule has 1 heterocycles. The predicted molar refractivity (Wildman–Crippen MR) is 126 cm³/mol. The maximum Gasteiger partial charge on any atom is 0.100 e. The molecular weight excluding hydrogens is 340 g/mol. The van der Waals surface area contributed by atoms with Crippen molar-refractivity contribution in [3.8, 4) is 0 Å². The molecule has 0 N–H and O–H groups in total. The Bertz CT molecular complexity index is 352. The van der Waals surface area contributed by atoms with E-state index in [1.165, 1.54) is 129 Å². The second-order valence-electron chi connectivity index (χ2n) is 9.13. The molecule has 2 nitrogen and oxygen atoms in total. The van der Waals surface area contributed by atoms with E-state index in [0.717, 1.165) is 0 Å². The molecule has 0 aromatic rings. The first-order chi connectivity index (χ1) is 13.8. The lowest BCUT2D eigenvalue weighted by molar-refractivity contribution is 0.159. The van der Waals surface area contributed by atoms with Gasteiger partial charge in [-0.05, 0) is 19.3 Å². The minimum Gasteiger partial charge on any atom is -0.359 e. The molecule has 2 heteroatoms. The first kappa shape index (κ1) is 25.4. The van der Waals surface area contributed by atoms with Gasteiger partial charge in [0.05, 0.1) is 0 Å². The Morgan fingerprint density at radius 3 is 1.46 bits per heavy atom. The van der Waals surface area contributed by atoms with Crippen molar-refractivity contribution in [3.05, 3.63) is 12.4 Å². The number of rotatable bonds is 20. The fourth-order valence-electron chi connectivity index (χ4n) is 4.46. The van der Waals surface area contributed by atoms with Crippen LogP contribution in [0.2, 0.25) is 0 Å². The lowest BCUT2D eigenvalue weighted by Gasteiger charge is -2.30. The molecule has 0 amide bonds. The minimum absolute atomic E-state index is 0.624. The summed E-state index contributed by atoms with van der Waals surface area (Å²) in [4.78, 5) is 5.02. The van der Waals surface area contributed by atoms with Crippen molar-refractivity contribution in [1.29, 1.82) is 0 Å². The van der Waals surface area contributed by atoms with Crippen molar-refractivity contribution in [2.75, 3.05) is 13.6 Å². The normalized spacial score (nSPS) is 16.5. The molecular formula is C26H52N2. The van der Waals surface area contributed by atoms with E-state index in [1.807, 2.05) is 0 Å². The number of nitrogens with zero attached hydrogens (tertiary/aromatic N) is 2. The van der Waals surface area contributed by atoms with E-state index in [-0.39, 0.29) is 0 Å². The fraction of sp³-hybridized carbons (Fsp3) is 0.923. The van der Waals surface area contributed by atoms with Crippen molar-refractivity contribution in [1.82, 2.24) is 9.80 Å². The highest BCUT2D eigenvalue weighted by atomic mass is 15.4. The Hall–Kier alpha value is -0.660. The predicted octanol–water partition coefficient (Wildman–Crippen LogP) is 8.48. The first-order valence-corrected chi connectivity index (χ1v) is 13.0. The summed E-state index contributed by atoms with van der Waals surface area (Å²) in [6, 6.07) is 0. The van der Waals surface area contributed by atoms with Crippen molar-refractivity contribution in [2.24, 2.45) is 0 Å². The van der Waals surface area contributed by atoms with Crippen molar-refractivity contribution in [2.45, 2.75) is 142 Å². The van der Waals surface area contributed by atoms with Gasteiger partial charge in [0.15, 0.2) is 0 Å². The highest BCUT2D eigenvalue weighted by Crippen LogP contribution is 2.21. The standard InChI is InChI=1S/C26H52N2/c1-4-6-8-10-12-13-14-15-16-17-19-21-23-28-25-24-27(3)26(28)22-20-18-11-9-7-5-2/h24-26H,4-23H2,1-3H3. The Morgan fingerprint density at radius 1 is 0.536 bits per heavy atom. The Labute approximate surface area is 178 Å². The third kappa shape index (κ3) is 12.7. The van der Waals surface area contributed by atoms with Gasteiger partial charge in [-0.3, -0.25) is 0 Å². The van der Waals surface area contributed by atoms with Gasteiger partial charge < -0.3 is 9.80 Å². The van der Waals surface area contributed by atoms with E-state index in [0.29, 0.717) is 6.17 Å². The number of unbranched alkanes of at least 4 members (excludes halogenated alkanes) is 16. The van der Waals surface area contributed by atoms with Gasteiger partial charge in [0, 0.05) is 26.0 Å². The van der Waals surface area contributed by atoms with Crippen LogP contribution in [0, 0.1) is 0 Å². The van der Waals surface area contributed by atoms with E-state index in [2.05, 4.69) is 43.1 Å². The zero-order valence-corrected chi connectivity index (χ0v) is 19.8. The quantitative estimate of drug-likeness (QED) is 0.192. The molecule has 1 aliphatic rings. The van der Waals surface area contributed by atoms with E-state index >= 15 is 0 Å². The molecule has 0 fully saturated rings. The third-order valence-electron chi connectivity index (χ3n) is 6.43. The molecule has 0 radical (unpaired) electrons. The SMILES string of the molecule is CCCCCCCCCCCCCCN1C=CN(C)C1CCCCCCCC. The molecule has 1 rings (SSSR count). The van der Waals surface area contributed by atoms with Crippen LogP contribution in [-0.4, -0.2) is 29.6 Å². The van der Waals surface area contributed by atoms with Gasteiger partial charge in [-0.2, -0.15) is 0 Å². The monoisotopic (exact) mass is 392 g/mol. The number of hydrogen-bond donors (Lipinski definition) is 0. The second-order valence-corrected chi connectivity index (χ2v) is 9.13. The van der Waals surface area contributed by atoms with Crippen molar-refractivity contribution >= 4 is 0 Å². The van der Waals surface area contributed by atoms with Crippen LogP contribution in [0.15, 0.2) is 12.4 Å². The largest absolute Gasteiger partial charge is 0.359 e. The maximum absolute atomic E-state index is 2.60. The minimum atomic E-state index is 0.624. The lowest BCUT2D eigenvalue weighted by atomic mass is 10.1. The molecule has 28 heavy (non-hydrogen) atoms. The van der Waals surface area contributed by atoms with Crippen LogP contribution < -0.4 is 0 Å². The molecule has 0 bridgehead atoms. The van der Waals surface area contributed by atoms with Crippen molar-refractivity contribution in [3.63, 3.8) is 0 Å². The summed E-state index contributed by atoms with van der Waals surface area (Å²) in [5, 5.41) is 0. The van der Waals surface area contributed by atoms with Crippen molar-refractivity contribution < 1.29 is 0 Å². The summed E-state index contributed by atoms with van der Waals surface area (Å²) >= 11 is 0. The van der Waals surface area contributed by atoms with Gasteiger partial charge in [-0.1, -0.05) is 117 Å². The van der Waals surface area contributed by atoms with Crippen LogP contribution in [0.1, 0.15) is 136 Å². The molecule has 1 atom stereocenters. The molecule has 0 saturated heterocycles. The van der Waals surface area contributed by atoms with Crippen LogP contribution in [-0.2, 0) is 0 Å². The van der Waals surface area contributed by atoms with Crippen LogP contribution in [0.4, 0.5) is 0 Å². The summed E-state index contributed by atoms with van der Waals surface area (Å²) in [6.45, 7) is 5.85. The summed E-state index contributed by atoms with van der Waals surface area (Å²) in [7, 11) is 2.25. The fourth-order valence-corrected chi connectivity index (χ4v) is 4.46. The zero-order chi connectivity index (χ0) is 20.3. The molecule has 0 aromatic heterocycles. The van der Waals surface area contributed by atoms with Gasteiger partial charge in [0.1, 0.15) is 6.17 Å². The molecule has 0 aromatic carbocycles. The topological polar surface area (TPSA) is 6.48 Å². The first-order valence-electron chi connectivity index (χ1n) is 13.0. The second kappa shape index (κ2) is 18.4. The summed E-state index contributed by atoms with van der Waals surface area (Å²) < 4.78 is 0. The summed E-state index contributed by atoms with van der Waals surface area (Å²) in [5.41, 5.74) is 0. The molecule has 166 valence electrons. The average molecular weight is 393 g/mol. The van der Waals surface area contributed by atoms with Gasteiger partial charge in [-0.15, -0.1) is 0 Å². The number of hydrogen-bond acceptors (Lipinski definition) is 2. The summed E-state index contributed by atoms with van der Waals surface area (Å²) in [6.07, 6.45) is 32.2. The lowest BCUT2D eigenvalue weighted by Crippen LogP contribution is -2.37. The molecule has 0 aliphatic carbocycles. The van der Waals surface area contributed by atoms with Crippen LogP contribution in [0.25, 0.3) is 0 Å². The van der Waals surface area contributed by atoms with Gasteiger partial charge >= 0.3 is 0 Å². The van der Waals surface area contributed by atoms with Gasteiger partial charge in [-0.25, -0.2) is 0 Å². The van der Waals surface area contributed by atoms with Gasteiger partial charge in [0.25, 0.3) is 0 Å². The van der Waals surface area contributed by atoms with E-state index in [9.17, 15) is 0 Å². The maximum atomic E-state index is 2.60. The van der Waals surface area contributed by atoms with Crippen LogP contribution in [0.3, 0.4) is 0 Å². The Morgan fingerprint density at radius 2 is 0.964 bits per heavy atom. The molecule has 0 saturated carbocycles. The molecule has 0 spiro atoms. The van der Waals surface area contributed by atoms with Crippen LogP contribution in [0.5, 0.6) is 0 Å².